The van der Waals surface area contributed by atoms with Crippen molar-refractivity contribution in [3.05, 3.63) is 18.2 Å². The number of hydrogen-bond donors (Lipinski definition) is 2. The molecule has 1 spiro atoms. The number of nitrogens with two attached hydrogens (primary N) is 1. The highest BCUT2D eigenvalue weighted by atomic mass is 127. The maximum Gasteiger partial charge on any atom is 0.193 e. The van der Waals surface area contributed by atoms with Crippen LogP contribution in [0.2, 0.25) is 0 Å². The van der Waals surface area contributed by atoms with Crippen LogP contribution in [0.5, 0.6) is 11.5 Å². The van der Waals surface area contributed by atoms with E-state index in [0.717, 1.165) is 12.8 Å². The minimum Gasteiger partial charge on any atom is -0.497 e. The van der Waals surface area contributed by atoms with Crippen molar-refractivity contribution in [1.29, 1.82) is 0 Å². The molecule has 146 valence electrons. The molecule has 1 atom stereocenters. The molecule has 0 aromatic heterocycles. The lowest BCUT2D eigenvalue weighted by Gasteiger charge is -2.31. The quantitative estimate of drug-likeness (QED) is 0.379. The molecule has 2 aliphatic heterocycles. The molecule has 2 saturated heterocycles. The predicted molar refractivity (Wildman–Crippen MR) is 109 cm³/mol. The minimum atomic E-state index is -0.503. The van der Waals surface area contributed by atoms with E-state index >= 15 is 0 Å². The molecule has 0 aliphatic carbocycles. The molecular formula is C17H26IN3O5. The second-order valence-electron chi connectivity index (χ2n) is 5.99. The van der Waals surface area contributed by atoms with E-state index in [2.05, 4.69) is 10.3 Å². The van der Waals surface area contributed by atoms with Crippen molar-refractivity contribution in [2.24, 2.45) is 10.7 Å². The van der Waals surface area contributed by atoms with E-state index in [-0.39, 0.29) is 36.0 Å². The van der Waals surface area contributed by atoms with Gasteiger partial charge in [0, 0.05) is 18.9 Å². The van der Waals surface area contributed by atoms with Gasteiger partial charge in [-0.25, -0.2) is 0 Å². The number of ether oxygens (including phenoxy) is 5. The summed E-state index contributed by atoms with van der Waals surface area (Å²) in [5, 5.41) is 3.04. The Labute approximate surface area is 170 Å². The van der Waals surface area contributed by atoms with Crippen molar-refractivity contribution < 1.29 is 23.7 Å². The monoisotopic (exact) mass is 479 g/mol. The van der Waals surface area contributed by atoms with Crippen LogP contribution in [0.3, 0.4) is 0 Å². The Morgan fingerprint density at radius 3 is 2.77 bits per heavy atom. The van der Waals surface area contributed by atoms with E-state index in [9.17, 15) is 0 Å². The first-order chi connectivity index (χ1) is 12.1. The minimum absolute atomic E-state index is 0. The number of methoxy groups -OCH3 is 2. The summed E-state index contributed by atoms with van der Waals surface area (Å²) >= 11 is 0. The third-order valence-electron chi connectivity index (χ3n) is 4.30. The van der Waals surface area contributed by atoms with Crippen molar-refractivity contribution in [1.82, 2.24) is 0 Å². The van der Waals surface area contributed by atoms with E-state index in [1.165, 1.54) is 0 Å². The number of hydrogen-bond acceptors (Lipinski definition) is 6. The van der Waals surface area contributed by atoms with Crippen LogP contribution >= 0.6 is 24.0 Å². The number of halogens is 1. The molecule has 2 heterocycles. The van der Waals surface area contributed by atoms with E-state index in [0.29, 0.717) is 43.6 Å². The fourth-order valence-electron chi connectivity index (χ4n) is 2.94. The number of rotatable bonds is 5. The zero-order valence-electron chi connectivity index (χ0n) is 15.0. The second kappa shape index (κ2) is 9.58. The Balaban J connectivity index is 0.00000243. The van der Waals surface area contributed by atoms with Gasteiger partial charge in [-0.05, 0) is 12.1 Å². The third-order valence-corrected chi connectivity index (χ3v) is 4.30. The zero-order valence-corrected chi connectivity index (χ0v) is 17.4. The first-order valence-corrected chi connectivity index (χ1v) is 8.32. The third kappa shape index (κ3) is 5.12. The Morgan fingerprint density at radius 2 is 2.08 bits per heavy atom. The molecule has 0 amide bonds. The van der Waals surface area contributed by atoms with Crippen LogP contribution in [-0.2, 0) is 14.2 Å². The molecule has 1 aromatic rings. The smallest absolute Gasteiger partial charge is 0.193 e. The first kappa shape index (κ1) is 21.0. The van der Waals surface area contributed by atoms with Crippen LogP contribution in [0, 0.1) is 0 Å². The van der Waals surface area contributed by atoms with Crippen molar-refractivity contribution >= 4 is 35.6 Å². The van der Waals surface area contributed by atoms with Crippen molar-refractivity contribution in [3.8, 4) is 11.5 Å². The van der Waals surface area contributed by atoms with Crippen molar-refractivity contribution in [2.75, 3.05) is 45.9 Å². The zero-order chi connectivity index (χ0) is 17.7. The van der Waals surface area contributed by atoms with Gasteiger partial charge in [0.1, 0.15) is 17.6 Å². The Morgan fingerprint density at radius 1 is 1.31 bits per heavy atom. The molecule has 2 fully saturated rings. The summed E-state index contributed by atoms with van der Waals surface area (Å²) in [7, 11) is 3.20. The summed E-state index contributed by atoms with van der Waals surface area (Å²) in [4.78, 5) is 4.36. The second-order valence-corrected chi connectivity index (χ2v) is 5.99. The highest BCUT2D eigenvalue weighted by Crippen LogP contribution is 2.33. The molecule has 8 nitrogen and oxygen atoms in total. The molecule has 1 aromatic carbocycles. The van der Waals surface area contributed by atoms with E-state index in [1.807, 2.05) is 6.07 Å². The SMILES string of the molecule is COc1ccc(OC)c(NC(N)=NCC2COC3(CCOCC3)O2)c1.I. The van der Waals surface area contributed by atoms with Gasteiger partial charge in [0.2, 0.25) is 0 Å². The van der Waals surface area contributed by atoms with E-state index in [4.69, 9.17) is 29.4 Å². The largest absolute Gasteiger partial charge is 0.497 e. The summed E-state index contributed by atoms with van der Waals surface area (Å²) in [5.41, 5.74) is 6.68. The number of nitrogens with zero attached hydrogens (tertiary/aromatic N) is 1. The number of nitrogens with one attached hydrogen (secondary N) is 1. The Hall–Kier alpha value is -1.30. The molecule has 0 saturated carbocycles. The van der Waals surface area contributed by atoms with Crippen molar-refractivity contribution in [2.45, 2.75) is 24.7 Å². The van der Waals surface area contributed by atoms with Gasteiger partial charge in [-0.1, -0.05) is 0 Å². The van der Waals surface area contributed by atoms with Crippen LogP contribution in [0.25, 0.3) is 0 Å². The summed E-state index contributed by atoms with van der Waals surface area (Å²) in [6, 6.07) is 5.42. The van der Waals surface area contributed by atoms with Gasteiger partial charge in [-0.15, -0.1) is 24.0 Å². The number of aliphatic imine (C=N–C) groups is 1. The number of benzene rings is 1. The molecule has 0 radical (unpaired) electrons. The highest BCUT2D eigenvalue weighted by Gasteiger charge is 2.42. The average molecular weight is 479 g/mol. The molecule has 3 rings (SSSR count). The fraction of sp³-hybridized carbons (Fsp3) is 0.588. The Bertz CT molecular complexity index is 622. The van der Waals surface area contributed by atoms with E-state index in [1.54, 1.807) is 26.4 Å². The normalized spacial score (nSPS) is 21.9. The van der Waals surface area contributed by atoms with Gasteiger partial charge in [0.05, 0.1) is 46.3 Å². The molecule has 26 heavy (non-hydrogen) atoms. The topological polar surface area (TPSA) is 96.6 Å². The van der Waals surface area contributed by atoms with Crippen LogP contribution < -0.4 is 20.5 Å². The first-order valence-electron chi connectivity index (χ1n) is 8.32. The molecule has 9 heteroatoms. The van der Waals surface area contributed by atoms with Gasteiger partial charge in [0.25, 0.3) is 0 Å². The molecule has 1 unspecified atom stereocenters. The predicted octanol–water partition coefficient (Wildman–Crippen LogP) is 1.97. The standard InChI is InChI=1S/C17H25N3O5.HI/c1-21-12-3-4-15(22-2)14(9-12)20-16(18)19-10-13-11-24-17(25-13)5-7-23-8-6-17;/h3-4,9,13H,5-8,10-11H2,1-2H3,(H3,18,19,20);1H. The summed E-state index contributed by atoms with van der Waals surface area (Å²) in [6.45, 7) is 2.26. The molecule has 3 N–H and O–H groups in total. The van der Waals surface area contributed by atoms with E-state index < -0.39 is 5.79 Å². The maximum absolute atomic E-state index is 6.03. The van der Waals surface area contributed by atoms with Gasteiger partial charge in [-0.3, -0.25) is 4.99 Å². The maximum atomic E-state index is 6.03. The lowest BCUT2D eigenvalue weighted by molar-refractivity contribution is -0.210. The molecule has 0 bridgehead atoms. The summed E-state index contributed by atoms with van der Waals surface area (Å²) in [5.74, 6) is 1.13. The van der Waals surface area contributed by atoms with Crippen LogP contribution in [-0.4, -0.2) is 58.4 Å². The number of anilines is 1. The van der Waals surface area contributed by atoms with Gasteiger partial charge in [0.15, 0.2) is 11.7 Å². The van der Waals surface area contributed by atoms with Gasteiger partial charge in [-0.2, -0.15) is 0 Å². The van der Waals surface area contributed by atoms with Crippen molar-refractivity contribution in [3.63, 3.8) is 0 Å². The molecular weight excluding hydrogens is 453 g/mol. The average Bonchev–Trinajstić information content (AvgIpc) is 3.03. The molecule has 2 aliphatic rings. The van der Waals surface area contributed by atoms with Gasteiger partial charge < -0.3 is 34.7 Å². The van der Waals surface area contributed by atoms with Crippen LogP contribution in [0.1, 0.15) is 12.8 Å². The fourth-order valence-corrected chi connectivity index (χ4v) is 2.94. The van der Waals surface area contributed by atoms with Crippen LogP contribution in [0.4, 0.5) is 5.69 Å². The summed E-state index contributed by atoms with van der Waals surface area (Å²) in [6.07, 6.45) is 1.40. The lowest BCUT2D eigenvalue weighted by Crippen LogP contribution is -2.38. The van der Waals surface area contributed by atoms with Gasteiger partial charge >= 0.3 is 0 Å². The number of guanidine groups is 1. The lowest BCUT2D eigenvalue weighted by atomic mass is 10.1. The Kier molecular flexibility index (Phi) is 7.74. The highest BCUT2D eigenvalue weighted by molar-refractivity contribution is 14.0. The van der Waals surface area contributed by atoms with Crippen LogP contribution in [0.15, 0.2) is 23.2 Å². The summed E-state index contributed by atoms with van der Waals surface area (Å²) < 4.78 is 27.8.